The van der Waals surface area contributed by atoms with Crippen LogP contribution < -0.4 is 5.32 Å². The largest absolute Gasteiger partial charge is 0.325 e. The maximum absolute atomic E-state index is 12.3. The highest BCUT2D eigenvalue weighted by molar-refractivity contribution is 7.80. The van der Waals surface area contributed by atoms with Crippen molar-refractivity contribution in [2.24, 2.45) is 0 Å². The molecule has 0 aliphatic heterocycles. The zero-order valence-corrected chi connectivity index (χ0v) is 15.5. The molecule has 0 fully saturated rings. The molecule has 25 heavy (non-hydrogen) atoms. The van der Waals surface area contributed by atoms with Gasteiger partial charge in [0.05, 0.1) is 5.37 Å². The second-order valence-corrected chi connectivity index (χ2v) is 6.38. The third-order valence-electron chi connectivity index (χ3n) is 3.95. The van der Waals surface area contributed by atoms with Gasteiger partial charge >= 0.3 is 6.03 Å². The van der Waals surface area contributed by atoms with E-state index in [9.17, 15) is 9.59 Å². The molecular formula is C20H24N2O2S. The van der Waals surface area contributed by atoms with Crippen molar-refractivity contribution in [2.45, 2.75) is 32.1 Å². The summed E-state index contributed by atoms with van der Waals surface area (Å²) in [6, 6.07) is 17.5. The van der Waals surface area contributed by atoms with Gasteiger partial charge in [-0.2, -0.15) is 0 Å². The monoisotopic (exact) mass is 356 g/mol. The molecule has 4 nitrogen and oxygen atoms in total. The van der Waals surface area contributed by atoms with Gasteiger partial charge < -0.3 is 5.32 Å². The first-order valence-corrected chi connectivity index (χ1v) is 8.96. The van der Waals surface area contributed by atoms with Gasteiger partial charge in [-0.05, 0) is 23.1 Å². The molecule has 1 N–H and O–H groups in total. The molecule has 0 radical (unpaired) electrons. The third kappa shape index (κ3) is 5.36. The number of thiol groups is 1. The zero-order valence-electron chi connectivity index (χ0n) is 14.6. The summed E-state index contributed by atoms with van der Waals surface area (Å²) >= 11 is 4.46. The van der Waals surface area contributed by atoms with E-state index >= 15 is 0 Å². The minimum absolute atomic E-state index is 0.258. The molecular weight excluding hydrogens is 332 g/mol. The standard InChI is InChI=1S/C20H24N2O2S/c1-3-4-14-22(15(2)23)20(24)21-19(25)18-12-10-17(11-13-18)16-8-6-5-7-9-16/h5-13,19,25H,3-4,14H2,1-2H3,(H,21,24). The SMILES string of the molecule is CCCCN(C(C)=O)C(=O)NC(S)c1ccc(-c2ccccc2)cc1. The molecule has 1 unspecified atom stereocenters. The lowest BCUT2D eigenvalue weighted by Crippen LogP contribution is -2.43. The number of rotatable bonds is 6. The average Bonchev–Trinajstić information content (AvgIpc) is 2.62. The Labute approximate surface area is 154 Å². The Balaban J connectivity index is 2.03. The van der Waals surface area contributed by atoms with E-state index in [1.165, 1.54) is 11.8 Å². The van der Waals surface area contributed by atoms with Crippen molar-refractivity contribution in [3.05, 3.63) is 60.2 Å². The van der Waals surface area contributed by atoms with Crippen molar-refractivity contribution >= 4 is 24.6 Å². The molecule has 0 bridgehead atoms. The first kappa shape index (κ1) is 19.1. The number of urea groups is 1. The lowest BCUT2D eigenvalue weighted by atomic mass is 10.0. The van der Waals surface area contributed by atoms with E-state index in [0.717, 1.165) is 29.5 Å². The van der Waals surface area contributed by atoms with Gasteiger partial charge in [0.2, 0.25) is 5.91 Å². The summed E-state index contributed by atoms with van der Waals surface area (Å²) in [6.45, 7) is 3.84. The number of amides is 3. The van der Waals surface area contributed by atoms with Gasteiger partial charge in [0.25, 0.3) is 0 Å². The van der Waals surface area contributed by atoms with Crippen molar-refractivity contribution in [3.8, 4) is 11.1 Å². The maximum atomic E-state index is 12.3. The topological polar surface area (TPSA) is 49.4 Å². The van der Waals surface area contributed by atoms with Crippen molar-refractivity contribution in [2.75, 3.05) is 6.54 Å². The van der Waals surface area contributed by atoms with Gasteiger partial charge in [0, 0.05) is 13.5 Å². The fourth-order valence-electron chi connectivity index (χ4n) is 2.48. The Kier molecular flexibility index (Phi) is 7.07. The van der Waals surface area contributed by atoms with Crippen LogP contribution in [0.3, 0.4) is 0 Å². The summed E-state index contributed by atoms with van der Waals surface area (Å²) in [5.74, 6) is -0.258. The zero-order chi connectivity index (χ0) is 18.2. The minimum atomic E-state index is -0.471. The van der Waals surface area contributed by atoms with E-state index in [-0.39, 0.29) is 5.91 Å². The van der Waals surface area contributed by atoms with Crippen molar-refractivity contribution in [1.29, 1.82) is 0 Å². The summed E-state index contributed by atoms with van der Waals surface area (Å²) in [4.78, 5) is 25.2. The molecule has 132 valence electrons. The fourth-order valence-corrected chi connectivity index (χ4v) is 2.77. The normalized spacial score (nSPS) is 11.6. The van der Waals surface area contributed by atoms with Gasteiger partial charge in [-0.3, -0.25) is 9.69 Å². The van der Waals surface area contributed by atoms with Crippen LogP contribution in [0.2, 0.25) is 0 Å². The lowest BCUT2D eigenvalue weighted by Gasteiger charge is -2.22. The number of nitrogens with one attached hydrogen (secondary N) is 1. The molecule has 3 amide bonds. The molecule has 2 aromatic carbocycles. The van der Waals surface area contributed by atoms with Crippen LogP contribution in [0.25, 0.3) is 11.1 Å². The summed E-state index contributed by atoms with van der Waals surface area (Å²) in [5.41, 5.74) is 3.11. The molecule has 0 heterocycles. The molecule has 0 aromatic heterocycles. The molecule has 5 heteroatoms. The van der Waals surface area contributed by atoms with Crippen LogP contribution in [0.15, 0.2) is 54.6 Å². The Morgan fingerprint density at radius 2 is 1.64 bits per heavy atom. The average molecular weight is 356 g/mol. The van der Waals surface area contributed by atoms with E-state index in [4.69, 9.17) is 0 Å². The van der Waals surface area contributed by atoms with Gasteiger partial charge in [-0.1, -0.05) is 67.9 Å². The quantitative estimate of drug-likeness (QED) is 0.585. The lowest BCUT2D eigenvalue weighted by molar-refractivity contribution is -0.126. The first-order chi connectivity index (χ1) is 12.0. The van der Waals surface area contributed by atoms with E-state index in [0.29, 0.717) is 6.54 Å². The fraction of sp³-hybridized carbons (Fsp3) is 0.300. The van der Waals surface area contributed by atoms with Crippen molar-refractivity contribution in [1.82, 2.24) is 10.2 Å². The van der Waals surface area contributed by atoms with Crippen LogP contribution in [0.1, 0.15) is 37.6 Å². The number of hydrogen-bond donors (Lipinski definition) is 2. The van der Waals surface area contributed by atoms with Crippen LogP contribution in [0, 0.1) is 0 Å². The number of imide groups is 1. The maximum Gasteiger partial charge on any atom is 0.325 e. The summed E-state index contributed by atoms with van der Waals surface area (Å²) in [7, 11) is 0. The molecule has 1 atom stereocenters. The summed E-state index contributed by atoms with van der Waals surface area (Å²) < 4.78 is 0. The molecule has 0 aliphatic rings. The highest BCUT2D eigenvalue weighted by atomic mass is 32.1. The minimum Gasteiger partial charge on any atom is -0.322 e. The Bertz CT molecular complexity index is 701. The number of hydrogen-bond acceptors (Lipinski definition) is 3. The number of nitrogens with zero attached hydrogens (tertiary/aromatic N) is 1. The molecule has 0 aliphatic carbocycles. The van der Waals surface area contributed by atoms with Crippen LogP contribution in [0.5, 0.6) is 0 Å². The number of carbonyl (C=O) groups excluding carboxylic acids is 2. The van der Waals surface area contributed by atoms with Crippen molar-refractivity contribution < 1.29 is 9.59 Å². The number of unbranched alkanes of at least 4 members (excludes halogenated alkanes) is 1. The smallest absolute Gasteiger partial charge is 0.322 e. The van der Waals surface area contributed by atoms with Crippen LogP contribution in [0.4, 0.5) is 4.79 Å². The van der Waals surface area contributed by atoms with Gasteiger partial charge in [0.15, 0.2) is 0 Å². The number of benzene rings is 2. The van der Waals surface area contributed by atoms with Crippen LogP contribution in [-0.2, 0) is 4.79 Å². The van der Waals surface area contributed by atoms with E-state index in [1.807, 2.05) is 61.5 Å². The summed E-state index contributed by atoms with van der Waals surface area (Å²) in [5, 5.41) is 2.30. The molecule has 2 rings (SSSR count). The van der Waals surface area contributed by atoms with Gasteiger partial charge in [-0.25, -0.2) is 4.79 Å². The van der Waals surface area contributed by atoms with Crippen LogP contribution in [-0.4, -0.2) is 23.4 Å². The first-order valence-electron chi connectivity index (χ1n) is 8.45. The highest BCUT2D eigenvalue weighted by Crippen LogP contribution is 2.23. The predicted molar refractivity (Wildman–Crippen MR) is 104 cm³/mol. The van der Waals surface area contributed by atoms with E-state index in [2.05, 4.69) is 17.9 Å². The third-order valence-corrected chi connectivity index (χ3v) is 4.38. The van der Waals surface area contributed by atoms with Crippen molar-refractivity contribution in [3.63, 3.8) is 0 Å². The second kappa shape index (κ2) is 9.28. The van der Waals surface area contributed by atoms with Crippen LogP contribution >= 0.6 is 12.6 Å². The predicted octanol–water partition coefficient (Wildman–Crippen LogP) is 4.64. The number of carbonyl (C=O) groups is 2. The molecule has 2 aromatic rings. The van der Waals surface area contributed by atoms with Gasteiger partial charge in [0.1, 0.15) is 0 Å². The Morgan fingerprint density at radius 3 is 2.20 bits per heavy atom. The molecule has 0 saturated heterocycles. The van der Waals surface area contributed by atoms with E-state index < -0.39 is 11.4 Å². The molecule has 0 saturated carbocycles. The highest BCUT2D eigenvalue weighted by Gasteiger charge is 2.19. The van der Waals surface area contributed by atoms with Gasteiger partial charge in [-0.15, -0.1) is 12.6 Å². The summed E-state index contributed by atoms with van der Waals surface area (Å²) in [6.07, 6.45) is 1.71. The Hall–Kier alpha value is -2.27. The second-order valence-electron chi connectivity index (χ2n) is 5.86. The van der Waals surface area contributed by atoms with E-state index in [1.54, 1.807) is 0 Å². The molecule has 0 spiro atoms. The Morgan fingerprint density at radius 1 is 1.04 bits per heavy atom.